The van der Waals surface area contributed by atoms with Crippen molar-refractivity contribution in [1.29, 1.82) is 5.26 Å². The van der Waals surface area contributed by atoms with Gasteiger partial charge in [-0.15, -0.1) is 0 Å². The summed E-state index contributed by atoms with van der Waals surface area (Å²) in [5.74, 6) is 0. The van der Waals surface area contributed by atoms with Crippen molar-refractivity contribution in [1.82, 2.24) is 9.88 Å². The van der Waals surface area contributed by atoms with E-state index in [-0.39, 0.29) is 5.54 Å². The van der Waals surface area contributed by atoms with Crippen molar-refractivity contribution >= 4 is 0 Å². The van der Waals surface area contributed by atoms with Crippen LogP contribution in [0.2, 0.25) is 0 Å². The highest BCUT2D eigenvalue weighted by molar-refractivity contribution is 5.33. The molecular formula is C17H21N3. The highest BCUT2D eigenvalue weighted by Crippen LogP contribution is 2.11. The largest absolute Gasteiger partial charge is 0.346 e. The fraction of sp³-hybridized carbons (Fsp3) is 0.353. The molecule has 0 fully saturated rings. The van der Waals surface area contributed by atoms with Gasteiger partial charge in [-0.1, -0.05) is 12.1 Å². The number of nitrogens with one attached hydrogen (secondary N) is 1. The van der Waals surface area contributed by atoms with Crippen molar-refractivity contribution in [2.75, 3.05) is 0 Å². The zero-order chi connectivity index (χ0) is 14.6. The summed E-state index contributed by atoms with van der Waals surface area (Å²) in [5.41, 5.74) is 3.22. The van der Waals surface area contributed by atoms with E-state index in [4.69, 9.17) is 5.26 Å². The third-order valence-electron chi connectivity index (χ3n) is 3.13. The lowest BCUT2D eigenvalue weighted by atomic mass is 10.1. The number of hydrogen-bond donors (Lipinski definition) is 1. The lowest BCUT2D eigenvalue weighted by Crippen LogP contribution is -2.35. The molecule has 0 spiro atoms. The number of aromatic nitrogens is 1. The smallest absolute Gasteiger partial charge is 0.0991 e. The third kappa shape index (κ3) is 3.97. The molecular weight excluding hydrogens is 246 g/mol. The SMILES string of the molecule is CC(C)(C)NCc1cccn1Cc1cccc(C#N)c1. The molecule has 1 aromatic heterocycles. The van der Waals surface area contributed by atoms with Gasteiger partial charge in [0.1, 0.15) is 0 Å². The maximum Gasteiger partial charge on any atom is 0.0991 e. The summed E-state index contributed by atoms with van der Waals surface area (Å²) < 4.78 is 2.22. The van der Waals surface area contributed by atoms with E-state index in [0.29, 0.717) is 5.56 Å². The van der Waals surface area contributed by atoms with Gasteiger partial charge in [-0.05, 0) is 50.6 Å². The molecule has 0 aliphatic carbocycles. The molecule has 0 aliphatic heterocycles. The fourth-order valence-corrected chi connectivity index (χ4v) is 2.06. The maximum absolute atomic E-state index is 8.95. The van der Waals surface area contributed by atoms with Gasteiger partial charge in [0.2, 0.25) is 0 Å². The molecule has 0 bridgehead atoms. The Hall–Kier alpha value is -2.05. The van der Waals surface area contributed by atoms with Gasteiger partial charge in [0.15, 0.2) is 0 Å². The molecule has 3 nitrogen and oxygen atoms in total. The summed E-state index contributed by atoms with van der Waals surface area (Å²) in [4.78, 5) is 0. The molecule has 0 unspecified atom stereocenters. The minimum atomic E-state index is 0.107. The van der Waals surface area contributed by atoms with Gasteiger partial charge >= 0.3 is 0 Å². The first-order valence-electron chi connectivity index (χ1n) is 6.86. The van der Waals surface area contributed by atoms with E-state index >= 15 is 0 Å². The molecule has 0 saturated heterocycles. The molecule has 0 radical (unpaired) electrons. The standard InChI is InChI=1S/C17H21N3/c1-17(2,3)19-12-16-8-5-9-20(16)13-15-7-4-6-14(10-15)11-18/h4-10,19H,12-13H2,1-3H3. The van der Waals surface area contributed by atoms with Gasteiger partial charge in [0.25, 0.3) is 0 Å². The summed E-state index contributed by atoms with van der Waals surface area (Å²) in [7, 11) is 0. The van der Waals surface area contributed by atoms with E-state index in [1.54, 1.807) is 0 Å². The highest BCUT2D eigenvalue weighted by atomic mass is 15.0. The van der Waals surface area contributed by atoms with Gasteiger partial charge in [0, 0.05) is 30.5 Å². The summed E-state index contributed by atoms with van der Waals surface area (Å²) in [6.45, 7) is 8.13. The van der Waals surface area contributed by atoms with E-state index in [9.17, 15) is 0 Å². The Morgan fingerprint density at radius 2 is 2.00 bits per heavy atom. The third-order valence-corrected chi connectivity index (χ3v) is 3.13. The van der Waals surface area contributed by atoms with Crippen molar-refractivity contribution in [2.24, 2.45) is 0 Å². The van der Waals surface area contributed by atoms with Gasteiger partial charge < -0.3 is 9.88 Å². The second kappa shape index (κ2) is 5.94. The topological polar surface area (TPSA) is 40.8 Å². The van der Waals surface area contributed by atoms with Crippen LogP contribution in [0.1, 0.15) is 37.6 Å². The molecule has 104 valence electrons. The van der Waals surface area contributed by atoms with E-state index in [0.717, 1.165) is 18.7 Å². The number of benzene rings is 1. The predicted molar refractivity (Wildman–Crippen MR) is 81.3 cm³/mol. The van der Waals surface area contributed by atoms with Crippen molar-refractivity contribution < 1.29 is 0 Å². The summed E-state index contributed by atoms with van der Waals surface area (Å²) >= 11 is 0. The molecule has 2 rings (SSSR count). The quantitative estimate of drug-likeness (QED) is 0.923. The predicted octanol–water partition coefficient (Wildman–Crippen LogP) is 3.30. The molecule has 0 saturated carbocycles. The van der Waals surface area contributed by atoms with E-state index in [2.05, 4.69) is 61.1 Å². The summed E-state index contributed by atoms with van der Waals surface area (Å²) in [6.07, 6.45) is 2.08. The normalized spacial score (nSPS) is 11.3. The van der Waals surface area contributed by atoms with Crippen LogP contribution in [0.5, 0.6) is 0 Å². The molecule has 1 N–H and O–H groups in total. The van der Waals surface area contributed by atoms with E-state index in [1.165, 1.54) is 5.69 Å². The Bertz CT molecular complexity index is 612. The van der Waals surface area contributed by atoms with E-state index < -0.39 is 0 Å². The van der Waals surface area contributed by atoms with Crippen LogP contribution < -0.4 is 5.32 Å². The number of hydrogen-bond acceptors (Lipinski definition) is 2. The van der Waals surface area contributed by atoms with Crippen LogP contribution in [0.3, 0.4) is 0 Å². The molecule has 2 aromatic rings. The second-order valence-corrected chi connectivity index (χ2v) is 6.04. The van der Waals surface area contributed by atoms with Gasteiger partial charge in [-0.3, -0.25) is 0 Å². The summed E-state index contributed by atoms with van der Waals surface area (Å²) in [5, 5.41) is 12.4. The first-order valence-corrected chi connectivity index (χ1v) is 6.86. The number of nitriles is 1. The van der Waals surface area contributed by atoms with Crippen molar-refractivity contribution in [3.63, 3.8) is 0 Å². The number of nitrogens with zero attached hydrogens (tertiary/aromatic N) is 2. The van der Waals surface area contributed by atoms with Gasteiger partial charge in [-0.25, -0.2) is 0 Å². The fourth-order valence-electron chi connectivity index (χ4n) is 2.06. The van der Waals surface area contributed by atoms with Crippen LogP contribution in [0.25, 0.3) is 0 Å². The van der Waals surface area contributed by atoms with Crippen LogP contribution in [-0.4, -0.2) is 10.1 Å². The molecule has 1 heterocycles. The van der Waals surface area contributed by atoms with Crippen LogP contribution in [-0.2, 0) is 13.1 Å². The van der Waals surface area contributed by atoms with Gasteiger partial charge in [0.05, 0.1) is 11.6 Å². The highest BCUT2D eigenvalue weighted by Gasteiger charge is 2.10. The van der Waals surface area contributed by atoms with Crippen LogP contribution >= 0.6 is 0 Å². The molecule has 3 heteroatoms. The summed E-state index contributed by atoms with van der Waals surface area (Å²) in [6, 6.07) is 14.2. The minimum Gasteiger partial charge on any atom is -0.346 e. The number of rotatable bonds is 4. The molecule has 0 amide bonds. The Morgan fingerprint density at radius 3 is 2.70 bits per heavy atom. The first kappa shape index (κ1) is 14.4. The molecule has 20 heavy (non-hydrogen) atoms. The lowest BCUT2D eigenvalue weighted by Gasteiger charge is -2.21. The van der Waals surface area contributed by atoms with Crippen molar-refractivity contribution in [2.45, 2.75) is 39.4 Å². The minimum absolute atomic E-state index is 0.107. The first-order chi connectivity index (χ1) is 9.48. The monoisotopic (exact) mass is 267 g/mol. The average Bonchev–Trinajstić information content (AvgIpc) is 2.83. The Labute approximate surface area is 120 Å². The molecule has 0 atom stereocenters. The average molecular weight is 267 g/mol. The van der Waals surface area contributed by atoms with E-state index in [1.807, 2.05) is 18.2 Å². The van der Waals surface area contributed by atoms with Gasteiger partial charge in [-0.2, -0.15) is 5.26 Å². The lowest BCUT2D eigenvalue weighted by molar-refractivity contribution is 0.417. The Kier molecular flexibility index (Phi) is 4.26. The molecule has 0 aliphatic rings. The zero-order valence-corrected chi connectivity index (χ0v) is 12.4. The van der Waals surface area contributed by atoms with Crippen LogP contribution in [0.4, 0.5) is 0 Å². The van der Waals surface area contributed by atoms with Crippen LogP contribution in [0, 0.1) is 11.3 Å². The van der Waals surface area contributed by atoms with Crippen LogP contribution in [0.15, 0.2) is 42.6 Å². The Balaban J connectivity index is 2.10. The molecule has 1 aromatic carbocycles. The Morgan fingerprint density at radius 1 is 1.20 bits per heavy atom. The zero-order valence-electron chi connectivity index (χ0n) is 12.4. The van der Waals surface area contributed by atoms with Crippen molar-refractivity contribution in [3.05, 3.63) is 59.4 Å². The second-order valence-electron chi connectivity index (χ2n) is 6.04. The van der Waals surface area contributed by atoms with Crippen molar-refractivity contribution in [3.8, 4) is 6.07 Å². The maximum atomic E-state index is 8.95.